The van der Waals surface area contributed by atoms with E-state index in [0.717, 1.165) is 18.6 Å². The van der Waals surface area contributed by atoms with Crippen molar-refractivity contribution in [2.45, 2.75) is 56.9 Å². The summed E-state index contributed by atoms with van der Waals surface area (Å²) in [5.74, 6) is 2.28. The topological polar surface area (TPSA) is 119 Å². The van der Waals surface area contributed by atoms with Gasteiger partial charge in [-0.25, -0.2) is 8.42 Å². The molecule has 0 radical (unpaired) electrons. The lowest BCUT2D eigenvalue weighted by molar-refractivity contribution is -0.126. The van der Waals surface area contributed by atoms with Crippen molar-refractivity contribution in [1.29, 1.82) is 0 Å². The summed E-state index contributed by atoms with van der Waals surface area (Å²) in [5.41, 5.74) is 0. The monoisotopic (exact) mass is 490 g/mol. The van der Waals surface area contributed by atoms with E-state index >= 15 is 0 Å². The van der Waals surface area contributed by atoms with E-state index < -0.39 is 15.9 Å². The molecule has 1 aliphatic heterocycles. The van der Waals surface area contributed by atoms with Crippen LogP contribution in [0.25, 0.3) is 10.7 Å². The maximum Gasteiger partial charge on any atom is 0.244 e. The van der Waals surface area contributed by atoms with Crippen molar-refractivity contribution < 1.29 is 22.2 Å². The molecular weight excluding hydrogens is 464 g/mol. The predicted octanol–water partition coefficient (Wildman–Crippen LogP) is 3.60. The van der Waals surface area contributed by atoms with Crippen LogP contribution in [0.15, 0.2) is 32.0 Å². The summed E-state index contributed by atoms with van der Waals surface area (Å²) < 4.78 is 39.1. The zero-order chi connectivity index (χ0) is 23.2. The van der Waals surface area contributed by atoms with Crippen LogP contribution in [0, 0.1) is 19.8 Å². The number of carbonyl (C=O) groups is 1. The molecule has 3 aromatic heterocycles. The van der Waals surface area contributed by atoms with Gasteiger partial charge in [0.1, 0.15) is 11.5 Å². The summed E-state index contributed by atoms with van der Waals surface area (Å²) in [5, 5.41) is 6.90. The molecule has 1 saturated heterocycles. The maximum absolute atomic E-state index is 13.4. The number of hydrogen-bond acceptors (Lipinski definition) is 8. The van der Waals surface area contributed by atoms with Crippen molar-refractivity contribution in [3.8, 4) is 10.7 Å². The van der Waals surface area contributed by atoms with Crippen LogP contribution in [-0.4, -0.2) is 41.9 Å². The molecule has 2 fully saturated rings. The molecular formula is C22H26N4O5S2. The first-order valence-electron chi connectivity index (χ1n) is 11.1. The molecule has 176 valence electrons. The van der Waals surface area contributed by atoms with Gasteiger partial charge in [-0.3, -0.25) is 4.79 Å². The van der Waals surface area contributed by atoms with E-state index in [1.54, 1.807) is 13.0 Å². The van der Waals surface area contributed by atoms with E-state index in [2.05, 4.69) is 15.5 Å². The van der Waals surface area contributed by atoms with E-state index in [9.17, 15) is 13.2 Å². The Bertz CT molecular complexity index is 1270. The zero-order valence-electron chi connectivity index (χ0n) is 18.5. The van der Waals surface area contributed by atoms with E-state index in [1.165, 1.54) is 15.6 Å². The van der Waals surface area contributed by atoms with E-state index in [1.807, 2.05) is 19.1 Å². The van der Waals surface area contributed by atoms with Gasteiger partial charge in [-0.15, -0.1) is 11.3 Å². The molecule has 3 aromatic rings. The highest BCUT2D eigenvalue weighted by Crippen LogP contribution is 2.41. The number of rotatable bonds is 7. The first-order valence-corrected chi connectivity index (χ1v) is 13.3. The van der Waals surface area contributed by atoms with Crippen LogP contribution in [0.2, 0.25) is 0 Å². The minimum atomic E-state index is -3.75. The van der Waals surface area contributed by atoms with Crippen LogP contribution < -0.4 is 5.32 Å². The second kappa shape index (κ2) is 8.69. The van der Waals surface area contributed by atoms with Gasteiger partial charge in [0, 0.05) is 23.9 Å². The number of nitrogens with zero attached hydrogens (tertiary/aromatic N) is 3. The van der Waals surface area contributed by atoms with Crippen LogP contribution in [0.4, 0.5) is 0 Å². The van der Waals surface area contributed by atoms with E-state index in [0.29, 0.717) is 52.5 Å². The predicted molar refractivity (Wildman–Crippen MR) is 121 cm³/mol. The average Bonchev–Trinajstić information content (AvgIpc) is 3.18. The molecule has 1 amide bonds. The number of carbonyl (C=O) groups excluding carboxylic acids is 1. The molecule has 1 N–H and O–H groups in total. The largest absolute Gasteiger partial charge is 0.465 e. The second-order valence-corrected chi connectivity index (χ2v) is 11.9. The Hall–Kier alpha value is -2.50. The average molecular weight is 491 g/mol. The summed E-state index contributed by atoms with van der Waals surface area (Å²) in [7, 11) is -3.75. The van der Waals surface area contributed by atoms with Gasteiger partial charge in [-0.1, -0.05) is 5.16 Å². The lowest BCUT2D eigenvalue weighted by Crippen LogP contribution is -2.45. The third-order valence-corrected chi connectivity index (χ3v) is 9.23. The summed E-state index contributed by atoms with van der Waals surface area (Å²) in [6, 6.07) is 5.29. The number of thiophene rings is 1. The van der Waals surface area contributed by atoms with Crippen molar-refractivity contribution in [2.24, 2.45) is 5.92 Å². The molecule has 1 aliphatic carbocycles. The molecule has 2 aliphatic rings. The highest BCUT2D eigenvalue weighted by atomic mass is 32.2. The summed E-state index contributed by atoms with van der Waals surface area (Å²) in [6.07, 6.45) is 3.38. The van der Waals surface area contributed by atoms with Gasteiger partial charge in [0.15, 0.2) is 0 Å². The summed E-state index contributed by atoms with van der Waals surface area (Å²) >= 11 is 1.34. The van der Waals surface area contributed by atoms with Gasteiger partial charge < -0.3 is 14.3 Å². The Morgan fingerprint density at radius 1 is 1.27 bits per heavy atom. The zero-order valence-corrected chi connectivity index (χ0v) is 20.2. The maximum atomic E-state index is 13.4. The van der Waals surface area contributed by atoms with Gasteiger partial charge in [-0.2, -0.15) is 9.29 Å². The van der Waals surface area contributed by atoms with E-state index in [4.69, 9.17) is 8.94 Å². The molecule has 0 aromatic carbocycles. The first-order chi connectivity index (χ1) is 15.8. The Labute approximate surface area is 196 Å². The molecule has 33 heavy (non-hydrogen) atoms. The lowest BCUT2D eigenvalue weighted by atomic mass is 9.99. The molecule has 9 nitrogen and oxygen atoms in total. The third-order valence-electron chi connectivity index (χ3n) is 6.07. The number of aryl methyl sites for hydroxylation is 2. The van der Waals surface area contributed by atoms with Crippen molar-refractivity contribution in [1.82, 2.24) is 19.8 Å². The van der Waals surface area contributed by atoms with E-state index in [-0.39, 0.29) is 23.9 Å². The van der Waals surface area contributed by atoms with Crippen molar-refractivity contribution in [2.75, 3.05) is 13.1 Å². The molecule has 4 heterocycles. The molecule has 0 spiro atoms. The molecule has 1 saturated carbocycles. The Kier molecular flexibility index (Phi) is 5.87. The standard InChI is InChI=1S/C22H26N4O5S2/c1-13-5-8-17(30-13)11-23-21(27)16-4-3-9-26(12-16)33(28,29)19-10-18(32-14(19)2)20-24-22(31-25-20)15-6-7-15/h5,8,10,15-16H,3-4,6-7,9,11-12H2,1-2H3,(H,23,27). The van der Waals surface area contributed by atoms with Gasteiger partial charge in [0.05, 0.1) is 22.2 Å². The molecule has 11 heteroatoms. The van der Waals surface area contributed by atoms with Gasteiger partial charge in [0.25, 0.3) is 0 Å². The molecule has 1 unspecified atom stereocenters. The van der Waals surface area contributed by atoms with Crippen LogP contribution in [0.1, 0.15) is 53.9 Å². The molecule has 1 atom stereocenters. The highest BCUT2D eigenvalue weighted by molar-refractivity contribution is 7.89. The SMILES string of the molecule is Cc1ccc(CNC(=O)C2CCCN(S(=O)(=O)c3cc(-c4noc(C5CC5)n4)sc3C)C2)o1. The normalized spacial score (nSPS) is 19.6. The van der Waals surface area contributed by atoms with Crippen LogP contribution >= 0.6 is 11.3 Å². The van der Waals surface area contributed by atoms with Crippen molar-refractivity contribution in [3.05, 3.63) is 40.5 Å². The minimum Gasteiger partial charge on any atom is -0.465 e. The Morgan fingerprint density at radius 3 is 2.82 bits per heavy atom. The number of aromatic nitrogens is 2. The molecule has 5 rings (SSSR count). The number of piperidine rings is 1. The highest BCUT2D eigenvalue weighted by Gasteiger charge is 2.35. The summed E-state index contributed by atoms with van der Waals surface area (Å²) in [4.78, 5) is 18.7. The minimum absolute atomic E-state index is 0.157. The first kappa shape index (κ1) is 22.3. The van der Waals surface area contributed by atoms with Crippen LogP contribution in [-0.2, 0) is 21.4 Å². The van der Waals surface area contributed by atoms with Crippen LogP contribution in [0.5, 0.6) is 0 Å². The number of hydrogen-bond donors (Lipinski definition) is 1. The number of furan rings is 1. The number of amides is 1. The fraction of sp³-hybridized carbons (Fsp3) is 0.500. The fourth-order valence-electron chi connectivity index (χ4n) is 4.08. The Morgan fingerprint density at radius 2 is 2.09 bits per heavy atom. The third kappa shape index (κ3) is 4.62. The van der Waals surface area contributed by atoms with Gasteiger partial charge in [0.2, 0.25) is 27.6 Å². The quantitative estimate of drug-likeness (QED) is 0.537. The smallest absolute Gasteiger partial charge is 0.244 e. The van der Waals surface area contributed by atoms with Gasteiger partial charge in [-0.05, 0) is 57.7 Å². The lowest BCUT2D eigenvalue weighted by Gasteiger charge is -2.31. The van der Waals surface area contributed by atoms with Crippen LogP contribution in [0.3, 0.4) is 0 Å². The Balaban J connectivity index is 1.28. The molecule has 0 bridgehead atoms. The number of nitrogens with one attached hydrogen (secondary N) is 1. The summed E-state index contributed by atoms with van der Waals surface area (Å²) in [6.45, 7) is 4.46. The number of sulfonamides is 1. The second-order valence-electron chi connectivity index (χ2n) is 8.69. The van der Waals surface area contributed by atoms with Crippen molar-refractivity contribution >= 4 is 27.3 Å². The van der Waals surface area contributed by atoms with Gasteiger partial charge >= 0.3 is 0 Å². The van der Waals surface area contributed by atoms with Crippen molar-refractivity contribution in [3.63, 3.8) is 0 Å². The fourth-order valence-corrected chi connectivity index (χ4v) is 7.09.